The lowest BCUT2D eigenvalue weighted by molar-refractivity contribution is -0.120. The fraction of sp³-hybridized carbons (Fsp3) is 0.133. The SMILES string of the molecule is O=C(COc1cccc(Cl)c1)Cc1c(F)cccc1Cl. The molecule has 2 rings (SSSR count). The summed E-state index contributed by atoms with van der Waals surface area (Å²) in [7, 11) is 0. The van der Waals surface area contributed by atoms with E-state index in [1.165, 1.54) is 12.1 Å². The van der Waals surface area contributed by atoms with Crippen molar-refractivity contribution in [2.45, 2.75) is 6.42 Å². The Kier molecular flexibility index (Phi) is 4.99. The van der Waals surface area contributed by atoms with Crippen LogP contribution in [0.25, 0.3) is 0 Å². The third-order valence-electron chi connectivity index (χ3n) is 2.63. The van der Waals surface area contributed by atoms with E-state index in [4.69, 9.17) is 27.9 Å². The van der Waals surface area contributed by atoms with Gasteiger partial charge in [-0.3, -0.25) is 4.79 Å². The highest BCUT2D eigenvalue weighted by Gasteiger charge is 2.12. The quantitative estimate of drug-likeness (QED) is 0.821. The van der Waals surface area contributed by atoms with Crippen LogP contribution in [0.15, 0.2) is 42.5 Å². The zero-order valence-corrected chi connectivity index (χ0v) is 11.9. The molecule has 0 N–H and O–H groups in total. The Morgan fingerprint density at radius 3 is 2.60 bits per heavy atom. The molecule has 104 valence electrons. The van der Waals surface area contributed by atoms with E-state index >= 15 is 0 Å². The molecular formula is C15H11Cl2FO2. The summed E-state index contributed by atoms with van der Waals surface area (Å²) in [6, 6.07) is 11.0. The molecule has 0 aliphatic heterocycles. The van der Waals surface area contributed by atoms with E-state index in [0.717, 1.165) is 0 Å². The minimum absolute atomic E-state index is 0.105. The number of halogens is 3. The van der Waals surface area contributed by atoms with Crippen molar-refractivity contribution in [2.75, 3.05) is 6.61 Å². The second kappa shape index (κ2) is 6.73. The van der Waals surface area contributed by atoms with E-state index in [1.54, 1.807) is 30.3 Å². The molecule has 0 unspecified atom stereocenters. The number of hydrogen-bond donors (Lipinski definition) is 0. The summed E-state index contributed by atoms with van der Waals surface area (Å²) >= 11 is 11.7. The molecule has 0 amide bonds. The molecule has 20 heavy (non-hydrogen) atoms. The maximum atomic E-state index is 13.5. The lowest BCUT2D eigenvalue weighted by Crippen LogP contribution is -2.14. The lowest BCUT2D eigenvalue weighted by Gasteiger charge is -2.07. The molecule has 0 aromatic heterocycles. The molecule has 0 aliphatic rings. The number of hydrogen-bond acceptors (Lipinski definition) is 2. The van der Waals surface area contributed by atoms with E-state index in [9.17, 15) is 9.18 Å². The zero-order valence-electron chi connectivity index (χ0n) is 10.4. The Balaban J connectivity index is 1.96. The van der Waals surface area contributed by atoms with Crippen molar-refractivity contribution in [3.63, 3.8) is 0 Å². The van der Waals surface area contributed by atoms with Gasteiger partial charge in [0.2, 0.25) is 0 Å². The molecule has 0 bridgehead atoms. The number of carbonyl (C=O) groups is 1. The molecule has 2 nitrogen and oxygen atoms in total. The van der Waals surface area contributed by atoms with Crippen molar-refractivity contribution in [1.82, 2.24) is 0 Å². The van der Waals surface area contributed by atoms with Crippen molar-refractivity contribution in [3.8, 4) is 5.75 Å². The normalized spacial score (nSPS) is 10.3. The molecule has 0 saturated heterocycles. The molecule has 0 saturated carbocycles. The van der Waals surface area contributed by atoms with E-state index in [-0.39, 0.29) is 29.4 Å². The van der Waals surface area contributed by atoms with Gasteiger partial charge in [-0.15, -0.1) is 0 Å². The molecule has 2 aromatic carbocycles. The lowest BCUT2D eigenvalue weighted by atomic mass is 10.1. The second-order valence-corrected chi connectivity index (χ2v) is 5.01. The maximum Gasteiger partial charge on any atom is 0.174 e. The fourth-order valence-corrected chi connectivity index (χ4v) is 2.08. The van der Waals surface area contributed by atoms with Gasteiger partial charge >= 0.3 is 0 Å². The van der Waals surface area contributed by atoms with Crippen LogP contribution in [0.5, 0.6) is 5.75 Å². The first-order valence-electron chi connectivity index (χ1n) is 5.89. The number of ether oxygens (including phenoxy) is 1. The summed E-state index contributed by atoms with van der Waals surface area (Å²) < 4.78 is 18.8. The van der Waals surface area contributed by atoms with Gasteiger partial charge in [-0.1, -0.05) is 35.3 Å². The summed E-state index contributed by atoms with van der Waals surface area (Å²) in [5, 5.41) is 0.758. The van der Waals surface area contributed by atoms with Gasteiger partial charge in [0, 0.05) is 22.0 Å². The van der Waals surface area contributed by atoms with Gasteiger partial charge in [0.1, 0.15) is 18.2 Å². The first-order chi connectivity index (χ1) is 9.56. The third kappa shape index (κ3) is 3.95. The maximum absolute atomic E-state index is 13.5. The third-order valence-corrected chi connectivity index (χ3v) is 3.22. The van der Waals surface area contributed by atoms with Crippen LogP contribution in [-0.2, 0) is 11.2 Å². The van der Waals surface area contributed by atoms with Gasteiger partial charge in [-0.05, 0) is 30.3 Å². The first kappa shape index (κ1) is 14.8. The fourth-order valence-electron chi connectivity index (χ4n) is 1.67. The van der Waals surface area contributed by atoms with Crippen LogP contribution in [0.4, 0.5) is 4.39 Å². The highest BCUT2D eigenvalue weighted by atomic mass is 35.5. The minimum atomic E-state index is -0.492. The predicted octanol–water partition coefficient (Wildman–Crippen LogP) is 4.32. The van der Waals surface area contributed by atoms with E-state index in [0.29, 0.717) is 10.8 Å². The summed E-state index contributed by atoms with van der Waals surface area (Å²) in [6.07, 6.45) is -0.105. The summed E-state index contributed by atoms with van der Waals surface area (Å²) in [6.45, 7) is -0.162. The molecule has 0 atom stereocenters. The monoisotopic (exact) mass is 312 g/mol. The highest BCUT2D eigenvalue weighted by molar-refractivity contribution is 6.31. The first-order valence-corrected chi connectivity index (χ1v) is 6.65. The average Bonchev–Trinajstić information content (AvgIpc) is 2.41. The Hall–Kier alpha value is -1.58. The highest BCUT2D eigenvalue weighted by Crippen LogP contribution is 2.20. The van der Waals surface area contributed by atoms with Crippen LogP contribution in [-0.4, -0.2) is 12.4 Å². The molecule has 0 fully saturated rings. The molecule has 0 aliphatic carbocycles. The molecule has 0 radical (unpaired) electrons. The topological polar surface area (TPSA) is 26.3 Å². The van der Waals surface area contributed by atoms with Crippen LogP contribution >= 0.6 is 23.2 Å². The molecule has 2 aromatic rings. The van der Waals surface area contributed by atoms with Gasteiger partial charge in [0.25, 0.3) is 0 Å². The zero-order chi connectivity index (χ0) is 14.5. The van der Waals surface area contributed by atoms with Crippen molar-refractivity contribution in [2.24, 2.45) is 0 Å². The van der Waals surface area contributed by atoms with Crippen molar-refractivity contribution in [3.05, 3.63) is 63.9 Å². The van der Waals surface area contributed by atoms with E-state index in [1.807, 2.05) is 0 Å². The van der Waals surface area contributed by atoms with Crippen LogP contribution < -0.4 is 4.74 Å². The smallest absolute Gasteiger partial charge is 0.174 e. The van der Waals surface area contributed by atoms with Gasteiger partial charge in [0.05, 0.1) is 0 Å². The van der Waals surface area contributed by atoms with Crippen LogP contribution in [0, 0.1) is 5.82 Å². The minimum Gasteiger partial charge on any atom is -0.486 e. The number of ketones is 1. The number of benzene rings is 2. The Morgan fingerprint density at radius 1 is 1.15 bits per heavy atom. The Labute approximate surface area is 126 Å². The van der Waals surface area contributed by atoms with Crippen molar-refractivity contribution in [1.29, 1.82) is 0 Å². The molecular weight excluding hydrogens is 302 g/mol. The van der Waals surface area contributed by atoms with Gasteiger partial charge in [-0.2, -0.15) is 0 Å². The summed E-state index contributed by atoms with van der Waals surface area (Å²) in [4.78, 5) is 11.8. The van der Waals surface area contributed by atoms with E-state index < -0.39 is 5.82 Å². The second-order valence-electron chi connectivity index (χ2n) is 4.16. The van der Waals surface area contributed by atoms with Crippen molar-refractivity contribution >= 4 is 29.0 Å². The number of carbonyl (C=O) groups excluding carboxylic acids is 1. The van der Waals surface area contributed by atoms with Crippen LogP contribution in [0.3, 0.4) is 0 Å². The summed E-state index contributed by atoms with van der Waals surface area (Å²) in [5.41, 5.74) is 0.189. The number of Topliss-reactive ketones (excluding diaryl/α,β-unsaturated/α-hetero) is 1. The Bertz CT molecular complexity index is 609. The van der Waals surface area contributed by atoms with E-state index in [2.05, 4.69) is 0 Å². The average molecular weight is 313 g/mol. The van der Waals surface area contributed by atoms with Gasteiger partial charge in [0.15, 0.2) is 5.78 Å². The van der Waals surface area contributed by atoms with Gasteiger partial charge < -0.3 is 4.74 Å². The molecule has 5 heteroatoms. The summed E-state index contributed by atoms with van der Waals surface area (Å²) in [5.74, 6) is -0.268. The predicted molar refractivity (Wildman–Crippen MR) is 77.1 cm³/mol. The van der Waals surface area contributed by atoms with Gasteiger partial charge in [-0.25, -0.2) is 4.39 Å². The van der Waals surface area contributed by atoms with Crippen molar-refractivity contribution < 1.29 is 13.9 Å². The molecule has 0 heterocycles. The molecule has 0 spiro atoms. The number of rotatable bonds is 5. The Morgan fingerprint density at radius 2 is 1.90 bits per heavy atom. The van der Waals surface area contributed by atoms with Crippen LogP contribution in [0.2, 0.25) is 10.0 Å². The largest absolute Gasteiger partial charge is 0.486 e. The van der Waals surface area contributed by atoms with Crippen LogP contribution in [0.1, 0.15) is 5.56 Å². The standard InChI is InChI=1S/C15H11Cl2FO2/c16-10-3-1-4-12(7-10)20-9-11(19)8-13-14(17)5-2-6-15(13)18/h1-7H,8-9H2.